The first-order chi connectivity index (χ1) is 9.34. The summed E-state index contributed by atoms with van der Waals surface area (Å²) < 4.78 is 0. The van der Waals surface area contributed by atoms with Crippen LogP contribution in [0.1, 0.15) is 40.2 Å². The van der Waals surface area contributed by atoms with Crippen molar-refractivity contribution >= 4 is 11.8 Å². The van der Waals surface area contributed by atoms with Crippen molar-refractivity contribution < 1.29 is 9.59 Å². The Morgan fingerprint density at radius 3 is 1.85 bits per heavy atom. The van der Waals surface area contributed by atoms with Crippen LogP contribution in [0.4, 0.5) is 0 Å². The van der Waals surface area contributed by atoms with Gasteiger partial charge in [0, 0.05) is 19.0 Å². The Morgan fingerprint density at radius 2 is 1.45 bits per heavy atom. The molecule has 1 aromatic carbocycles. The molecule has 0 aromatic heterocycles. The van der Waals surface area contributed by atoms with Crippen molar-refractivity contribution in [2.75, 3.05) is 0 Å². The van der Waals surface area contributed by atoms with Gasteiger partial charge in [0.05, 0.1) is 6.42 Å². The lowest BCUT2D eigenvalue weighted by Gasteiger charge is -2.39. The van der Waals surface area contributed by atoms with Crippen LogP contribution < -0.4 is 0 Å². The molecule has 1 aromatic rings. The van der Waals surface area contributed by atoms with E-state index < -0.39 is 0 Å². The van der Waals surface area contributed by atoms with Crippen molar-refractivity contribution in [3.8, 4) is 0 Å². The highest BCUT2D eigenvalue weighted by Gasteiger charge is 2.28. The van der Waals surface area contributed by atoms with Gasteiger partial charge in [0.15, 0.2) is 0 Å². The fourth-order valence-corrected chi connectivity index (χ4v) is 2.27. The summed E-state index contributed by atoms with van der Waals surface area (Å²) in [4.78, 5) is 24.4. The summed E-state index contributed by atoms with van der Waals surface area (Å²) in [6, 6.07) is 9.48. The second-order valence-corrected chi connectivity index (χ2v) is 5.45. The molecule has 0 atom stereocenters. The molecule has 0 radical (unpaired) electrons. The van der Waals surface area contributed by atoms with Crippen LogP contribution in [-0.4, -0.2) is 33.9 Å². The zero-order valence-electron chi connectivity index (χ0n) is 13.0. The Labute approximate surface area is 121 Å². The van der Waals surface area contributed by atoms with Crippen molar-refractivity contribution in [3.63, 3.8) is 0 Å². The molecule has 0 fully saturated rings. The Kier molecular flexibility index (Phi) is 5.74. The van der Waals surface area contributed by atoms with Crippen molar-refractivity contribution in [1.29, 1.82) is 0 Å². The third-order valence-corrected chi connectivity index (χ3v) is 2.99. The summed E-state index contributed by atoms with van der Waals surface area (Å²) in [7, 11) is 0. The van der Waals surface area contributed by atoms with Gasteiger partial charge in [0.25, 0.3) is 0 Å². The maximum absolute atomic E-state index is 12.5. The van der Waals surface area contributed by atoms with Crippen LogP contribution >= 0.6 is 0 Å². The molecule has 20 heavy (non-hydrogen) atoms. The number of carbonyl (C=O) groups excluding carboxylic acids is 2. The first-order valence-electron chi connectivity index (χ1n) is 7.00. The van der Waals surface area contributed by atoms with Crippen molar-refractivity contribution in [2.45, 2.75) is 53.1 Å². The number of amides is 2. The van der Waals surface area contributed by atoms with Crippen molar-refractivity contribution in [3.05, 3.63) is 35.9 Å². The van der Waals surface area contributed by atoms with E-state index in [9.17, 15) is 9.59 Å². The average Bonchev–Trinajstić information content (AvgIpc) is 2.35. The summed E-state index contributed by atoms with van der Waals surface area (Å²) in [5.41, 5.74) is 0.954. The first-order valence-corrected chi connectivity index (χ1v) is 7.00. The zero-order valence-corrected chi connectivity index (χ0v) is 13.0. The molecule has 1 rings (SSSR count). The van der Waals surface area contributed by atoms with Gasteiger partial charge in [-0.2, -0.15) is 0 Å². The molecule has 0 N–H and O–H groups in total. The van der Waals surface area contributed by atoms with E-state index in [-0.39, 0.29) is 23.9 Å². The number of hydrogen-bond acceptors (Lipinski definition) is 2. The van der Waals surface area contributed by atoms with E-state index in [1.165, 1.54) is 11.9 Å². The highest BCUT2D eigenvalue weighted by Crippen LogP contribution is 2.13. The monoisotopic (exact) mass is 276 g/mol. The van der Waals surface area contributed by atoms with E-state index in [2.05, 4.69) is 0 Å². The SMILES string of the molecule is CC(=O)N(C(C)C)N(C(=O)Cc1ccccc1)C(C)C. The molecule has 110 valence electrons. The highest BCUT2D eigenvalue weighted by atomic mass is 16.2. The highest BCUT2D eigenvalue weighted by molar-refractivity contribution is 5.83. The van der Waals surface area contributed by atoms with Gasteiger partial charge in [0.2, 0.25) is 11.8 Å². The minimum Gasteiger partial charge on any atom is -0.273 e. The maximum Gasteiger partial charge on any atom is 0.245 e. The first kappa shape index (κ1) is 16.2. The lowest BCUT2D eigenvalue weighted by Crippen LogP contribution is -2.55. The quantitative estimate of drug-likeness (QED) is 0.793. The van der Waals surface area contributed by atoms with Crippen LogP contribution in [0.25, 0.3) is 0 Å². The predicted octanol–water partition coefficient (Wildman–Crippen LogP) is 2.64. The van der Waals surface area contributed by atoms with Gasteiger partial charge >= 0.3 is 0 Å². The predicted molar refractivity (Wildman–Crippen MR) is 79.8 cm³/mol. The molecule has 0 aliphatic heterocycles. The van der Waals surface area contributed by atoms with Crippen molar-refractivity contribution in [2.24, 2.45) is 0 Å². The van der Waals surface area contributed by atoms with E-state index in [1.807, 2.05) is 58.0 Å². The van der Waals surface area contributed by atoms with E-state index in [1.54, 1.807) is 5.01 Å². The molecule has 4 nitrogen and oxygen atoms in total. The van der Waals surface area contributed by atoms with Gasteiger partial charge in [-0.25, -0.2) is 10.0 Å². The molecule has 0 saturated carbocycles. The van der Waals surface area contributed by atoms with Gasteiger partial charge in [0.1, 0.15) is 0 Å². The number of hydrogen-bond donors (Lipinski definition) is 0. The molecule has 4 heteroatoms. The summed E-state index contributed by atoms with van der Waals surface area (Å²) in [6.07, 6.45) is 0.301. The van der Waals surface area contributed by atoms with Gasteiger partial charge in [-0.3, -0.25) is 9.59 Å². The molecular weight excluding hydrogens is 252 g/mol. The molecule has 0 bridgehead atoms. The fourth-order valence-electron chi connectivity index (χ4n) is 2.27. The van der Waals surface area contributed by atoms with Crippen LogP contribution in [0.3, 0.4) is 0 Å². The Bertz CT molecular complexity index is 455. The van der Waals surface area contributed by atoms with E-state index in [0.29, 0.717) is 6.42 Å². The minimum absolute atomic E-state index is 0.0466. The summed E-state index contributed by atoms with van der Waals surface area (Å²) in [5, 5.41) is 3.11. The van der Waals surface area contributed by atoms with Crippen LogP contribution in [-0.2, 0) is 16.0 Å². The Hall–Kier alpha value is -1.84. The zero-order chi connectivity index (χ0) is 15.3. The number of benzene rings is 1. The summed E-state index contributed by atoms with van der Waals surface area (Å²) in [6.45, 7) is 9.15. The minimum atomic E-state index is -0.116. The Morgan fingerprint density at radius 1 is 0.950 bits per heavy atom. The maximum atomic E-state index is 12.5. The molecule has 0 aliphatic rings. The number of carbonyl (C=O) groups is 2. The summed E-state index contributed by atoms with van der Waals surface area (Å²) >= 11 is 0. The number of rotatable bonds is 4. The summed E-state index contributed by atoms with van der Waals surface area (Å²) in [5.74, 6) is -0.176. The largest absolute Gasteiger partial charge is 0.273 e. The molecular formula is C16H24N2O2. The number of hydrazine groups is 1. The van der Waals surface area contributed by atoms with Gasteiger partial charge in [-0.15, -0.1) is 0 Å². The van der Waals surface area contributed by atoms with Crippen molar-refractivity contribution in [1.82, 2.24) is 10.0 Å². The Balaban J connectivity index is 2.95. The topological polar surface area (TPSA) is 40.6 Å². The molecule has 0 saturated heterocycles. The molecule has 0 heterocycles. The normalized spacial score (nSPS) is 10.8. The molecule has 0 aliphatic carbocycles. The van der Waals surface area contributed by atoms with Crippen LogP contribution in [0.5, 0.6) is 0 Å². The second kappa shape index (κ2) is 7.08. The lowest BCUT2D eigenvalue weighted by molar-refractivity contribution is -0.170. The fraction of sp³-hybridized carbons (Fsp3) is 0.500. The van der Waals surface area contributed by atoms with Gasteiger partial charge < -0.3 is 0 Å². The third-order valence-electron chi connectivity index (χ3n) is 2.99. The van der Waals surface area contributed by atoms with Crippen LogP contribution in [0.2, 0.25) is 0 Å². The third kappa shape index (κ3) is 4.08. The smallest absolute Gasteiger partial charge is 0.245 e. The van der Waals surface area contributed by atoms with E-state index in [4.69, 9.17) is 0 Å². The average molecular weight is 276 g/mol. The standard InChI is InChI=1S/C16H24N2O2/c1-12(2)17(14(5)19)18(13(3)4)16(20)11-15-9-7-6-8-10-15/h6-10,12-13H,11H2,1-5H3. The van der Waals surface area contributed by atoms with Crippen LogP contribution in [0, 0.1) is 0 Å². The van der Waals surface area contributed by atoms with E-state index >= 15 is 0 Å². The lowest BCUT2D eigenvalue weighted by atomic mass is 10.1. The molecule has 0 unspecified atom stereocenters. The number of nitrogens with zero attached hydrogens (tertiary/aromatic N) is 2. The van der Waals surface area contributed by atoms with Crippen LogP contribution in [0.15, 0.2) is 30.3 Å². The van der Waals surface area contributed by atoms with Gasteiger partial charge in [-0.05, 0) is 33.3 Å². The molecule has 2 amide bonds. The second-order valence-electron chi connectivity index (χ2n) is 5.45. The molecule has 0 spiro atoms. The van der Waals surface area contributed by atoms with Gasteiger partial charge in [-0.1, -0.05) is 30.3 Å². The van der Waals surface area contributed by atoms with E-state index in [0.717, 1.165) is 5.56 Å².